The van der Waals surface area contributed by atoms with Crippen LogP contribution in [0, 0.1) is 11.6 Å². The summed E-state index contributed by atoms with van der Waals surface area (Å²) >= 11 is 0. The predicted octanol–water partition coefficient (Wildman–Crippen LogP) is 3.65. The van der Waals surface area contributed by atoms with Gasteiger partial charge in [0.15, 0.2) is 17.4 Å². The second kappa shape index (κ2) is 6.16. The first-order valence-electron chi connectivity index (χ1n) is 7.53. The van der Waals surface area contributed by atoms with E-state index in [1.54, 1.807) is 7.11 Å². The van der Waals surface area contributed by atoms with Crippen molar-refractivity contribution in [1.29, 1.82) is 0 Å². The molecule has 23 heavy (non-hydrogen) atoms. The second-order valence-electron chi connectivity index (χ2n) is 5.98. The largest absolute Gasteiger partial charge is 0.503 e. The number of halogens is 2. The van der Waals surface area contributed by atoms with Crippen LogP contribution in [0.3, 0.4) is 0 Å². The van der Waals surface area contributed by atoms with Crippen molar-refractivity contribution >= 4 is 0 Å². The molecule has 0 aromatic heterocycles. The van der Waals surface area contributed by atoms with Gasteiger partial charge in [0, 0.05) is 12.5 Å². The van der Waals surface area contributed by atoms with E-state index in [4.69, 9.17) is 4.74 Å². The molecule has 3 nitrogen and oxygen atoms in total. The van der Waals surface area contributed by atoms with Crippen LogP contribution in [0.4, 0.5) is 8.78 Å². The van der Waals surface area contributed by atoms with Crippen molar-refractivity contribution in [1.82, 2.24) is 4.90 Å². The Bertz CT molecular complexity index is 710. The second-order valence-corrected chi connectivity index (χ2v) is 5.98. The van der Waals surface area contributed by atoms with Crippen LogP contribution in [0.5, 0.6) is 11.5 Å². The van der Waals surface area contributed by atoms with Crippen LogP contribution < -0.4 is 4.74 Å². The maximum absolute atomic E-state index is 13.7. The number of hydrogen-bond donors (Lipinski definition) is 1. The van der Waals surface area contributed by atoms with Gasteiger partial charge in [-0.2, -0.15) is 0 Å². The Balaban J connectivity index is 2.10. The van der Waals surface area contributed by atoms with E-state index < -0.39 is 17.4 Å². The molecule has 1 N–H and O–H groups in total. The number of benzene rings is 2. The molecule has 2 aromatic rings. The minimum absolute atomic E-state index is 0.120. The van der Waals surface area contributed by atoms with Gasteiger partial charge in [0.05, 0.1) is 7.11 Å². The number of phenolic OH excluding ortho intramolecular Hbond substituents is 1. The Kier molecular flexibility index (Phi) is 4.22. The van der Waals surface area contributed by atoms with Gasteiger partial charge in [-0.1, -0.05) is 6.07 Å². The lowest BCUT2D eigenvalue weighted by Gasteiger charge is -2.19. The standard InChI is InChI=1S/C18H19F2NO2/c1-21-6-5-15(11-8-16(19)18(22)17(20)9-11)14-4-3-13(23-2)7-12(14)10-21/h3-4,7-9,15,22H,5-6,10H2,1-2H3. The first-order chi connectivity index (χ1) is 11.0. The zero-order chi connectivity index (χ0) is 16.6. The Labute approximate surface area is 134 Å². The molecular weight excluding hydrogens is 300 g/mol. The minimum Gasteiger partial charge on any atom is -0.503 e. The molecule has 5 heteroatoms. The molecule has 0 amide bonds. The fourth-order valence-electron chi connectivity index (χ4n) is 3.19. The number of aromatic hydroxyl groups is 1. The van der Waals surface area contributed by atoms with E-state index in [2.05, 4.69) is 4.90 Å². The first kappa shape index (κ1) is 15.7. The Morgan fingerprint density at radius 1 is 1.17 bits per heavy atom. The maximum atomic E-state index is 13.7. The lowest BCUT2D eigenvalue weighted by atomic mass is 9.86. The molecule has 122 valence electrons. The van der Waals surface area contributed by atoms with Gasteiger partial charge in [0.25, 0.3) is 0 Å². The fourth-order valence-corrected chi connectivity index (χ4v) is 3.19. The number of ether oxygens (including phenoxy) is 1. The van der Waals surface area contributed by atoms with Crippen LogP contribution in [0.2, 0.25) is 0 Å². The van der Waals surface area contributed by atoms with Crippen LogP contribution in [0.25, 0.3) is 0 Å². The lowest BCUT2D eigenvalue weighted by Crippen LogP contribution is -2.17. The molecule has 0 fully saturated rings. The van der Waals surface area contributed by atoms with Crippen molar-refractivity contribution in [2.24, 2.45) is 0 Å². The van der Waals surface area contributed by atoms with Crippen LogP contribution in [0.1, 0.15) is 29.0 Å². The summed E-state index contributed by atoms with van der Waals surface area (Å²) in [5, 5.41) is 9.32. The molecule has 3 rings (SSSR count). The van der Waals surface area contributed by atoms with Crippen LogP contribution in [0.15, 0.2) is 30.3 Å². The van der Waals surface area contributed by atoms with Gasteiger partial charge < -0.3 is 14.7 Å². The highest BCUT2D eigenvalue weighted by Gasteiger charge is 2.24. The van der Waals surface area contributed by atoms with E-state index in [1.807, 2.05) is 25.2 Å². The average molecular weight is 319 g/mol. The van der Waals surface area contributed by atoms with Crippen molar-refractivity contribution in [2.75, 3.05) is 20.7 Å². The van der Waals surface area contributed by atoms with Crippen molar-refractivity contribution in [3.63, 3.8) is 0 Å². The Morgan fingerprint density at radius 3 is 2.52 bits per heavy atom. The smallest absolute Gasteiger partial charge is 0.187 e. The summed E-state index contributed by atoms with van der Waals surface area (Å²) in [4.78, 5) is 2.17. The maximum Gasteiger partial charge on any atom is 0.187 e. The van der Waals surface area contributed by atoms with Gasteiger partial charge in [-0.15, -0.1) is 0 Å². The summed E-state index contributed by atoms with van der Waals surface area (Å²) < 4.78 is 32.8. The summed E-state index contributed by atoms with van der Waals surface area (Å²) in [5.74, 6) is -2.12. The van der Waals surface area contributed by atoms with Crippen molar-refractivity contribution in [3.05, 3.63) is 58.7 Å². The predicted molar refractivity (Wildman–Crippen MR) is 83.8 cm³/mol. The van der Waals surface area contributed by atoms with E-state index in [1.165, 1.54) is 12.1 Å². The van der Waals surface area contributed by atoms with Crippen molar-refractivity contribution in [3.8, 4) is 11.5 Å². The number of hydrogen-bond acceptors (Lipinski definition) is 3. The summed E-state index contributed by atoms with van der Waals surface area (Å²) in [6, 6.07) is 8.24. The molecule has 0 saturated carbocycles. The molecule has 1 atom stereocenters. The number of nitrogens with zero attached hydrogens (tertiary/aromatic N) is 1. The van der Waals surface area contributed by atoms with Crippen molar-refractivity contribution < 1.29 is 18.6 Å². The molecule has 2 aromatic carbocycles. The number of phenols is 1. The van der Waals surface area contributed by atoms with Gasteiger partial charge in [-0.05, 0) is 61.0 Å². The Hall–Kier alpha value is -2.14. The van der Waals surface area contributed by atoms with E-state index in [9.17, 15) is 13.9 Å². The van der Waals surface area contributed by atoms with Gasteiger partial charge in [-0.3, -0.25) is 0 Å². The zero-order valence-electron chi connectivity index (χ0n) is 13.1. The monoisotopic (exact) mass is 319 g/mol. The molecule has 0 aliphatic carbocycles. The van der Waals surface area contributed by atoms with Gasteiger partial charge >= 0.3 is 0 Å². The summed E-state index contributed by atoms with van der Waals surface area (Å²) in [6.45, 7) is 1.57. The van der Waals surface area contributed by atoms with Gasteiger partial charge in [0.1, 0.15) is 5.75 Å². The molecule has 0 radical (unpaired) electrons. The summed E-state index contributed by atoms with van der Waals surface area (Å²) in [5.41, 5.74) is 2.67. The molecule has 1 heterocycles. The molecule has 0 bridgehead atoms. The van der Waals surface area contributed by atoms with Crippen LogP contribution in [-0.4, -0.2) is 30.7 Å². The van der Waals surface area contributed by atoms with E-state index in [0.29, 0.717) is 5.56 Å². The van der Waals surface area contributed by atoms with Crippen LogP contribution in [-0.2, 0) is 6.54 Å². The highest BCUT2D eigenvalue weighted by molar-refractivity contribution is 5.44. The SMILES string of the molecule is COc1ccc2c(c1)CN(C)CCC2c1cc(F)c(O)c(F)c1. The average Bonchev–Trinajstić information content (AvgIpc) is 2.69. The van der Waals surface area contributed by atoms with E-state index in [0.717, 1.165) is 36.4 Å². The van der Waals surface area contributed by atoms with Crippen LogP contribution >= 0.6 is 0 Å². The highest BCUT2D eigenvalue weighted by Crippen LogP contribution is 2.37. The third-order valence-corrected chi connectivity index (χ3v) is 4.41. The fraction of sp³-hybridized carbons (Fsp3) is 0.333. The molecule has 1 aliphatic rings. The number of rotatable bonds is 2. The number of fused-ring (bicyclic) bond motifs is 1. The highest BCUT2D eigenvalue weighted by atomic mass is 19.1. The van der Waals surface area contributed by atoms with Gasteiger partial charge in [-0.25, -0.2) is 8.78 Å². The third-order valence-electron chi connectivity index (χ3n) is 4.41. The molecule has 1 aliphatic heterocycles. The first-order valence-corrected chi connectivity index (χ1v) is 7.53. The Morgan fingerprint density at radius 2 is 1.87 bits per heavy atom. The molecular formula is C18H19F2NO2. The van der Waals surface area contributed by atoms with Gasteiger partial charge in [0.2, 0.25) is 0 Å². The lowest BCUT2D eigenvalue weighted by molar-refractivity contribution is 0.327. The quantitative estimate of drug-likeness (QED) is 0.917. The normalized spacial score (nSPS) is 18.3. The topological polar surface area (TPSA) is 32.7 Å². The van der Waals surface area contributed by atoms with E-state index >= 15 is 0 Å². The molecule has 0 spiro atoms. The van der Waals surface area contributed by atoms with E-state index in [-0.39, 0.29) is 5.92 Å². The third kappa shape index (κ3) is 3.01. The summed E-state index contributed by atoms with van der Waals surface area (Å²) in [6.07, 6.45) is 0.749. The summed E-state index contributed by atoms with van der Waals surface area (Å²) in [7, 11) is 3.63. The van der Waals surface area contributed by atoms with Crippen molar-refractivity contribution in [2.45, 2.75) is 18.9 Å². The number of methoxy groups -OCH3 is 1. The molecule has 1 unspecified atom stereocenters. The minimum atomic E-state index is -0.923. The zero-order valence-corrected chi connectivity index (χ0v) is 13.1. The molecule has 0 saturated heterocycles.